The lowest BCUT2D eigenvalue weighted by atomic mass is 9.53. The van der Waals surface area contributed by atoms with Gasteiger partial charge in [-0.15, -0.1) is 0 Å². The fourth-order valence-electron chi connectivity index (χ4n) is 6.70. The fraction of sp³-hybridized carbons (Fsp3) is 0.500. The molecule has 1 aliphatic heterocycles. The number of carbonyl (C=O) groups is 1. The predicted molar refractivity (Wildman–Crippen MR) is 89.7 cm³/mol. The lowest BCUT2D eigenvalue weighted by Gasteiger charge is -2.50. The number of carbonyl (C=O) groups excluding carboxylic acids is 1. The molecule has 23 heavy (non-hydrogen) atoms. The Bertz CT molecular complexity index is 817. The maximum absolute atomic E-state index is 12.7. The molecule has 1 aromatic rings. The zero-order valence-corrected chi connectivity index (χ0v) is 14.4. The van der Waals surface area contributed by atoms with Crippen LogP contribution in [0.3, 0.4) is 0 Å². The van der Waals surface area contributed by atoms with Gasteiger partial charge >= 0.3 is 0 Å². The van der Waals surface area contributed by atoms with Gasteiger partial charge in [-0.05, 0) is 60.8 Å². The second-order valence-corrected chi connectivity index (χ2v) is 8.03. The van der Waals surface area contributed by atoms with Crippen molar-refractivity contribution < 1.29 is 17.7 Å². The molecule has 0 amide bonds. The van der Waals surface area contributed by atoms with Gasteiger partial charge in [0.1, 0.15) is 5.60 Å². The number of fused-ring (bicyclic) bond motifs is 1. The molecule has 1 heterocycles. The quantitative estimate of drug-likeness (QED) is 0.707. The molecule has 4 bridgehead atoms. The smallest absolute Gasteiger partial charge is 0.196 e. The average molecular weight is 422 g/mol. The third-order valence-corrected chi connectivity index (χ3v) is 7.68. The Labute approximate surface area is 147 Å². The summed E-state index contributed by atoms with van der Waals surface area (Å²) < 4.78 is 11.6. The number of ether oxygens (including phenoxy) is 1. The first-order valence-electron chi connectivity index (χ1n) is 8.20. The molecule has 5 aliphatic rings. The fourth-order valence-corrected chi connectivity index (χ4v) is 7.05. The van der Waals surface area contributed by atoms with E-state index >= 15 is 0 Å². The van der Waals surface area contributed by atoms with Crippen LogP contribution in [0.2, 0.25) is 0 Å². The lowest BCUT2D eigenvalue weighted by Crippen LogP contribution is -2.64. The molecule has 2 saturated carbocycles. The summed E-state index contributed by atoms with van der Waals surface area (Å²) in [4.78, 5) is 12.7. The molecule has 0 saturated heterocycles. The van der Waals surface area contributed by atoms with Crippen LogP contribution in [0.25, 0.3) is 0 Å². The van der Waals surface area contributed by atoms with Crippen LogP contribution in [0.5, 0.6) is 11.5 Å². The van der Waals surface area contributed by atoms with E-state index in [0.717, 1.165) is 24.8 Å². The van der Waals surface area contributed by atoms with Gasteiger partial charge in [0.15, 0.2) is 46.4 Å². The van der Waals surface area contributed by atoms with Crippen LogP contribution in [-0.2, 0) is 16.6 Å². The van der Waals surface area contributed by atoms with E-state index in [-0.39, 0.29) is 11.7 Å². The summed E-state index contributed by atoms with van der Waals surface area (Å²) in [6.45, 7) is 0. The van der Waals surface area contributed by atoms with E-state index in [1.807, 2.05) is 29.1 Å². The monoisotopic (exact) mass is 422 g/mol. The van der Waals surface area contributed by atoms with Gasteiger partial charge < -0.3 is 12.9 Å². The van der Waals surface area contributed by atoms with Crippen LogP contribution >= 0.6 is 23.0 Å². The molecule has 2 fully saturated rings. The SMILES string of the molecule is O=C1C=CC2(O)[C@@H]3CCC4C3Cc3ccc(OI)c5c3[C@]42C1O5. The first-order valence-corrected chi connectivity index (χ1v) is 9.08. The highest BCUT2D eigenvalue weighted by Crippen LogP contribution is 2.75. The Morgan fingerprint density at radius 1 is 1.30 bits per heavy atom. The Balaban J connectivity index is 1.77. The van der Waals surface area contributed by atoms with Gasteiger partial charge in [0.2, 0.25) is 0 Å². The Morgan fingerprint density at radius 2 is 2.13 bits per heavy atom. The Hall–Kier alpha value is -1.08. The van der Waals surface area contributed by atoms with Crippen LogP contribution in [0, 0.1) is 17.8 Å². The van der Waals surface area contributed by atoms with Crippen molar-refractivity contribution in [3.05, 3.63) is 35.4 Å². The topological polar surface area (TPSA) is 55.8 Å². The maximum Gasteiger partial charge on any atom is 0.196 e. The number of ketones is 1. The van der Waals surface area contributed by atoms with Crippen LogP contribution in [0.15, 0.2) is 24.3 Å². The van der Waals surface area contributed by atoms with Crippen molar-refractivity contribution in [1.82, 2.24) is 0 Å². The number of rotatable bonds is 1. The molecule has 4 nitrogen and oxygen atoms in total. The third-order valence-electron chi connectivity index (χ3n) is 7.20. The molecule has 1 N–H and O–H groups in total. The van der Waals surface area contributed by atoms with Gasteiger partial charge in [0.05, 0.1) is 5.41 Å². The first-order chi connectivity index (χ1) is 11.1. The standard InChI is InChI=1S/C18H15IO4/c19-23-13-4-1-8-7-9-10-2-3-11(9)18-14(8)15(13)22-16(18)12(20)5-6-17(10,18)21/h1,4-6,9-11,16,21H,2-3,7H2/t9?,10-,11?,16?,17?,18+/m1/s1. The minimum absolute atomic E-state index is 0.0237. The van der Waals surface area contributed by atoms with Crippen molar-refractivity contribution in [3.63, 3.8) is 0 Å². The molecular formula is C18H15IO4. The number of hydrogen-bond donors (Lipinski definition) is 1. The summed E-state index contributed by atoms with van der Waals surface area (Å²) in [5.41, 5.74) is 0.729. The van der Waals surface area contributed by atoms with E-state index in [2.05, 4.69) is 6.07 Å². The number of halogens is 1. The van der Waals surface area contributed by atoms with Crippen LogP contribution < -0.4 is 7.80 Å². The van der Waals surface area contributed by atoms with Gasteiger partial charge in [-0.25, -0.2) is 0 Å². The number of hydrogen-bond acceptors (Lipinski definition) is 4. The molecule has 0 radical (unpaired) electrons. The van der Waals surface area contributed by atoms with E-state index in [1.165, 1.54) is 5.56 Å². The minimum atomic E-state index is -0.959. The molecule has 4 unspecified atom stereocenters. The minimum Gasteiger partial charge on any atom is -0.477 e. The summed E-state index contributed by atoms with van der Waals surface area (Å²) >= 11 is 1.85. The molecular weight excluding hydrogens is 407 g/mol. The van der Waals surface area contributed by atoms with Gasteiger partial charge in [-0.3, -0.25) is 4.79 Å². The summed E-state index contributed by atoms with van der Waals surface area (Å²) in [5, 5.41) is 11.7. The van der Waals surface area contributed by atoms with Gasteiger partial charge in [0, 0.05) is 5.56 Å². The molecule has 118 valence electrons. The highest BCUT2D eigenvalue weighted by atomic mass is 127. The number of benzene rings is 1. The van der Waals surface area contributed by atoms with E-state index in [4.69, 9.17) is 7.80 Å². The summed E-state index contributed by atoms with van der Waals surface area (Å²) in [6.07, 6.45) is 5.82. The van der Waals surface area contributed by atoms with Crippen LogP contribution in [-0.4, -0.2) is 22.6 Å². The first kappa shape index (κ1) is 13.2. The molecule has 5 heteroatoms. The van der Waals surface area contributed by atoms with Crippen LogP contribution in [0.1, 0.15) is 24.0 Å². The predicted octanol–water partition coefficient (Wildman–Crippen LogP) is 2.50. The summed E-state index contributed by atoms with van der Waals surface area (Å²) in [5.74, 6) is 2.32. The Morgan fingerprint density at radius 3 is 2.96 bits per heavy atom. The Kier molecular flexibility index (Phi) is 2.17. The lowest BCUT2D eigenvalue weighted by molar-refractivity contribution is -0.136. The highest BCUT2D eigenvalue weighted by molar-refractivity contribution is 14.1. The van der Waals surface area contributed by atoms with Crippen molar-refractivity contribution in [2.45, 2.75) is 36.4 Å². The van der Waals surface area contributed by atoms with Crippen molar-refractivity contribution in [3.8, 4) is 11.5 Å². The van der Waals surface area contributed by atoms with Gasteiger partial charge in [-0.2, -0.15) is 0 Å². The summed E-state index contributed by atoms with van der Waals surface area (Å²) in [7, 11) is 0. The van der Waals surface area contributed by atoms with E-state index < -0.39 is 17.1 Å². The normalized spacial score (nSPS) is 46.8. The van der Waals surface area contributed by atoms with Crippen molar-refractivity contribution in [1.29, 1.82) is 0 Å². The molecule has 6 rings (SSSR count). The second kappa shape index (κ2) is 3.77. The molecule has 1 spiro atoms. The zero-order valence-electron chi connectivity index (χ0n) is 12.3. The van der Waals surface area contributed by atoms with Crippen molar-refractivity contribution in [2.24, 2.45) is 17.8 Å². The summed E-state index contributed by atoms with van der Waals surface area (Å²) in [6, 6.07) is 4.03. The van der Waals surface area contributed by atoms with E-state index in [9.17, 15) is 9.90 Å². The molecule has 4 aliphatic carbocycles. The molecule has 6 atom stereocenters. The van der Waals surface area contributed by atoms with E-state index in [1.54, 1.807) is 12.2 Å². The zero-order chi connectivity index (χ0) is 15.6. The van der Waals surface area contributed by atoms with E-state index in [0.29, 0.717) is 23.3 Å². The van der Waals surface area contributed by atoms with Crippen molar-refractivity contribution >= 4 is 28.8 Å². The second-order valence-electron chi connectivity index (χ2n) is 7.59. The third kappa shape index (κ3) is 1.12. The maximum atomic E-state index is 12.7. The molecule has 0 aromatic heterocycles. The number of aliphatic hydroxyl groups is 1. The largest absolute Gasteiger partial charge is 0.477 e. The highest BCUT2D eigenvalue weighted by Gasteiger charge is 2.80. The van der Waals surface area contributed by atoms with Gasteiger partial charge in [0.25, 0.3) is 0 Å². The van der Waals surface area contributed by atoms with Crippen molar-refractivity contribution in [2.75, 3.05) is 0 Å². The van der Waals surface area contributed by atoms with Gasteiger partial charge in [-0.1, -0.05) is 6.07 Å². The average Bonchev–Trinajstić information content (AvgIpc) is 3.17. The van der Waals surface area contributed by atoms with Crippen LogP contribution in [0.4, 0.5) is 0 Å². The molecule has 1 aromatic carbocycles.